The molecule has 9 heteroatoms. The second-order valence-corrected chi connectivity index (χ2v) is 6.82. The normalized spacial score (nSPS) is 12.1. The number of hydrogen-bond acceptors (Lipinski definition) is 5. The number of nitrogens with one attached hydrogen (secondary N) is 2. The summed E-state index contributed by atoms with van der Waals surface area (Å²) in [4.78, 5) is 23.9. The van der Waals surface area contributed by atoms with Gasteiger partial charge in [0.1, 0.15) is 0 Å². The Balaban J connectivity index is 1.88. The van der Waals surface area contributed by atoms with Gasteiger partial charge < -0.3 is 10.1 Å². The van der Waals surface area contributed by atoms with Gasteiger partial charge in [-0.1, -0.05) is 35.5 Å². The summed E-state index contributed by atoms with van der Waals surface area (Å²) >= 11 is 7.18. The van der Waals surface area contributed by atoms with Crippen LogP contribution in [0.15, 0.2) is 34.2 Å². The van der Waals surface area contributed by atoms with E-state index in [2.05, 4.69) is 15.5 Å². The molecule has 0 spiro atoms. The van der Waals surface area contributed by atoms with Gasteiger partial charge in [-0.15, -0.1) is 5.10 Å². The summed E-state index contributed by atoms with van der Waals surface area (Å²) in [6.45, 7) is 2.94. The number of amides is 1. The number of carbonyl (C=O) groups is 1. The third-order valence-electron chi connectivity index (χ3n) is 3.51. The van der Waals surface area contributed by atoms with E-state index in [0.717, 1.165) is 5.56 Å². The molecule has 0 bridgehead atoms. The van der Waals surface area contributed by atoms with Gasteiger partial charge in [0.25, 0.3) is 0 Å². The van der Waals surface area contributed by atoms with Crippen LogP contribution in [0, 0.1) is 0 Å². The fourth-order valence-electron chi connectivity index (χ4n) is 2.25. The Morgan fingerprint density at radius 1 is 1.52 bits per heavy atom. The minimum atomic E-state index is -0.286. The van der Waals surface area contributed by atoms with Gasteiger partial charge in [-0.3, -0.25) is 9.36 Å². The van der Waals surface area contributed by atoms with Crippen molar-refractivity contribution in [2.75, 3.05) is 19.5 Å². The Bertz CT molecular complexity index is 762. The van der Waals surface area contributed by atoms with Crippen LogP contribution in [-0.4, -0.2) is 40.1 Å². The van der Waals surface area contributed by atoms with Crippen molar-refractivity contribution >= 4 is 29.3 Å². The van der Waals surface area contributed by atoms with Crippen LogP contribution in [-0.2, 0) is 16.1 Å². The van der Waals surface area contributed by atoms with E-state index in [1.54, 1.807) is 13.2 Å². The molecule has 1 atom stereocenters. The van der Waals surface area contributed by atoms with Crippen molar-refractivity contribution in [3.05, 3.63) is 45.3 Å². The maximum absolute atomic E-state index is 12.2. The first-order valence-electron chi connectivity index (χ1n) is 7.83. The monoisotopic (exact) mass is 384 g/mol. The third kappa shape index (κ3) is 5.91. The van der Waals surface area contributed by atoms with E-state index in [1.165, 1.54) is 16.3 Å². The number of hydrogen-bond donors (Lipinski definition) is 2. The van der Waals surface area contributed by atoms with E-state index in [1.807, 2.05) is 25.1 Å². The second-order valence-electron chi connectivity index (χ2n) is 5.44. The number of rotatable bonds is 9. The topological polar surface area (TPSA) is 89.0 Å². The van der Waals surface area contributed by atoms with Gasteiger partial charge in [0.2, 0.25) is 5.91 Å². The molecule has 1 amide bonds. The summed E-state index contributed by atoms with van der Waals surface area (Å²) in [7, 11) is 1.61. The van der Waals surface area contributed by atoms with Crippen molar-refractivity contribution in [1.29, 1.82) is 0 Å². The standard InChI is InChI=1S/C16H21ClN4O3S/c1-11(12-5-3-6-13(17)9-12)18-14(22)10-25-16-20-19-15(23)21(16)7-4-8-24-2/h3,5-6,9,11H,4,7-8,10H2,1-2H3,(H,18,22)(H,19,23)/t11-/m1/s1. The number of thioether (sulfide) groups is 1. The molecular weight excluding hydrogens is 364 g/mol. The Kier molecular flexibility index (Phi) is 7.54. The minimum Gasteiger partial charge on any atom is -0.385 e. The molecule has 0 aliphatic heterocycles. The van der Waals surface area contributed by atoms with E-state index < -0.39 is 0 Å². The molecule has 7 nitrogen and oxygen atoms in total. The number of ether oxygens (including phenoxy) is 1. The predicted octanol–water partition coefficient (Wildman–Crippen LogP) is 2.23. The van der Waals surface area contributed by atoms with Crippen LogP contribution in [0.4, 0.5) is 0 Å². The van der Waals surface area contributed by atoms with Gasteiger partial charge in [-0.25, -0.2) is 9.89 Å². The third-order valence-corrected chi connectivity index (χ3v) is 4.72. The first-order valence-corrected chi connectivity index (χ1v) is 9.19. The smallest absolute Gasteiger partial charge is 0.343 e. The first kappa shape index (κ1) is 19.6. The van der Waals surface area contributed by atoms with E-state index in [9.17, 15) is 9.59 Å². The number of halogens is 1. The van der Waals surface area contributed by atoms with Crippen LogP contribution in [0.5, 0.6) is 0 Å². The lowest BCUT2D eigenvalue weighted by atomic mass is 10.1. The maximum Gasteiger partial charge on any atom is 0.343 e. The molecule has 1 aromatic heterocycles. The lowest BCUT2D eigenvalue weighted by Crippen LogP contribution is -2.28. The second kappa shape index (κ2) is 9.65. The Morgan fingerprint density at radius 3 is 3.04 bits per heavy atom. The van der Waals surface area contributed by atoms with Crippen LogP contribution in [0.25, 0.3) is 0 Å². The van der Waals surface area contributed by atoms with Crippen LogP contribution >= 0.6 is 23.4 Å². The molecule has 0 saturated heterocycles. The average molecular weight is 385 g/mol. The van der Waals surface area contributed by atoms with Crippen LogP contribution < -0.4 is 11.0 Å². The molecule has 0 saturated carbocycles. The maximum atomic E-state index is 12.2. The SMILES string of the molecule is COCCCn1c(SCC(=O)N[C@H](C)c2cccc(Cl)c2)n[nH]c1=O. The van der Waals surface area contributed by atoms with Crippen LogP contribution in [0.2, 0.25) is 5.02 Å². The summed E-state index contributed by atoms with van der Waals surface area (Å²) in [5.74, 6) is 0.0239. The fraction of sp³-hybridized carbons (Fsp3) is 0.438. The molecule has 2 aromatic rings. The number of methoxy groups -OCH3 is 1. The zero-order valence-corrected chi connectivity index (χ0v) is 15.7. The lowest BCUT2D eigenvalue weighted by Gasteiger charge is -2.14. The molecule has 0 unspecified atom stereocenters. The molecule has 25 heavy (non-hydrogen) atoms. The molecule has 0 fully saturated rings. The molecule has 0 aliphatic rings. The predicted molar refractivity (Wildman–Crippen MR) is 98.1 cm³/mol. The highest BCUT2D eigenvalue weighted by Gasteiger charge is 2.13. The number of nitrogens with zero attached hydrogens (tertiary/aromatic N) is 2. The Morgan fingerprint density at radius 2 is 2.32 bits per heavy atom. The summed E-state index contributed by atoms with van der Waals surface area (Å²) in [6.07, 6.45) is 0.696. The van der Waals surface area contributed by atoms with E-state index >= 15 is 0 Å². The highest BCUT2D eigenvalue weighted by molar-refractivity contribution is 7.99. The van der Waals surface area contributed by atoms with Crippen molar-refractivity contribution in [3.8, 4) is 0 Å². The van der Waals surface area contributed by atoms with Crippen LogP contribution in [0.1, 0.15) is 24.9 Å². The van der Waals surface area contributed by atoms with Gasteiger partial charge >= 0.3 is 5.69 Å². The van der Waals surface area contributed by atoms with Gasteiger partial charge in [0.05, 0.1) is 11.8 Å². The Labute approximate surface area is 155 Å². The zero-order valence-electron chi connectivity index (χ0n) is 14.1. The first-order chi connectivity index (χ1) is 12.0. The summed E-state index contributed by atoms with van der Waals surface area (Å²) < 4.78 is 6.50. The quantitative estimate of drug-likeness (QED) is 0.511. The summed E-state index contributed by atoms with van der Waals surface area (Å²) in [6, 6.07) is 7.20. The molecule has 0 radical (unpaired) electrons. The fourth-order valence-corrected chi connectivity index (χ4v) is 3.23. The highest BCUT2D eigenvalue weighted by Crippen LogP contribution is 2.18. The van der Waals surface area contributed by atoms with Crippen molar-refractivity contribution < 1.29 is 9.53 Å². The minimum absolute atomic E-state index is 0.142. The average Bonchev–Trinajstić information content (AvgIpc) is 2.93. The molecule has 1 heterocycles. The molecule has 2 N–H and O–H groups in total. The Hall–Kier alpha value is -1.77. The number of benzene rings is 1. The van der Waals surface area contributed by atoms with Crippen molar-refractivity contribution in [1.82, 2.24) is 20.1 Å². The molecule has 1 aromatic carbocycles. The van der Waals surface area contributed by atoms with Crippen molar-refractivity contribution in [3.63, 3.8) is 0 Å². The van der Waals surface area contributed by atoms with Gasteiger partial charge in [0.15, 0.2) is 5.16 Å². The van der Waals surface area contributed by atoms with E-state index in [0.29, 0.717) is 29.8 Å². The molecular formula is C16H21ClN4O3S. The van der Waals surface area contributed by atoms with Gasteiger partial charge in [-0.2, -0.15) is 0 Å². The van der Waals surface area contributed by atoms with Crippen LogP contribution in [0.3, 0.4) is 0 Å². The number of aromatic nitrogens is 3. The molecule has 2 rings (SSSR count). The molecule has 136 valence electrons. The largest absolute Gasteiger partial charge is 0.385 e. The van der Waals surface area contributed by atoms with Crippen molar-refractivity contribution in [2.45, 2.75) is 31.1 Å². The summed E-state index contributed by atoms with van der Waals surface area (Å²) in [5.41, 5.74) is 0.647. The van der Waals surface area contributed by atoms with Gasteiger partial charge in [0, 0.05) is 25.3 Å². The number of carbonyl (C=O) groups excluding carboxylic acids is 1. The number of H-pyrrole nitrogens is 1. The number of aromatic amines is 1. The van der Waals surface area contributed by atoms with E-state index in [-0.39, 0.29) is 23.4 Å². The van der Waals surface area contributed by atoms with Crippen molar-refractivity contribution in [2.24, 2.45) is 0 Å². The molecule has 0 aliphatic carbocycles. The highest BCUT2D eigenvalue weighted by atomic mass is 35.5. The summed E-state index contributed by atoms with van der Waals surface area (Å²) in [5, 5.41) is 10.4. The van der Waals surface area contributed by atoms with E-state index in [4.69, 9.17) is 16.3 Å². The van der Waals surface area contributed by atoms with Gasteiger partial charge in [-0.05, 0) is 31.0 Å². The zero-order chi connectivity index (χ0) is 18.2. The lowest BCUT2D eigenvalue weighted by molar-refractivity contribution is -0.119.